The van der Waals surface area contributed by atoms with Crippen LogP contribution in [-0.4, -0.2) is 26.7 Å². The van der Waals surface area contributed by atoms with Crippen LogP contribution >= 0.6 is 0 Å². The van der Waals surface area contributed by atoms with Crippen LogP contribution in [0.3, 0.4) is 0 Å². The zero-order chi connectivity index (χ0) is 23.9. The molecule has 6 nitrogen and oxygen atoms in total. The summed E-state index contributed by atoms with van der Waals surface area (Å²) in [5.41, 5.74) is 3.07. The molecule has 1 atom stereocenters. The molecule has 0 saturated carbocycles. The van der Waals surface area contributed by atoms with Crippen LogP contribution in [0.5, 0.6) is 0 Å². The van der Waals surface area contributed by atoms with Gasteiger partial charge in [0.2, 0.25) is 0 Å². The summed E-state index contributed by atoms with van der Waals surface area (Å²) >= 11 is 0. The molecule has 0 spiro atoms. The molecule has 4 rings (SSSR count). The Labute approximate surface area is 197 Å². The van der Waals surface area contributed by atoms with E-state index in [-0.39, 0.29) is 12.2 Å². The highest BCUT2D eigenvalue weighted by Crippen LogP contribution is 2.27. The number of nitrogens with one attached hydrogen (secondary N) is 1. The second-order valence-electron chi connectivity index (χ2n) is 7.82. The van der Waals surface area contributed by atoms with E-state index in [9.17, 15) is 14.0 Å². The predicted molar refractivity (Wildman–Crippen MR) is 127 cm³/mol. The molecular weight excluding hydrogens is 431 g/mol. The average molecular weight is 455 g/mol. The van der Waals surface area contributed by atoms with Crippen molar-refractivity contribution in [1.29, 1.82) is 0 Å². The molecule has 1 unspecified atom stereocenters. The van der Waals surface area contributed by atoms with Gasteiger partial charge in [-0.25, -0.2) is 9.37 Å². The first-order valence-electron chi connectivity index (χ1n) is 10.7. The highest BCUT2D eigenvalue weighted by atomic mass is 19.1. The molecule has 0 aliphatic rings. The Kier molecular flexibility index (Phi) is 7.03. The lowest BCUT2D eigenvalue weighted by molar-refractivity contribution is -0.121. The van der Waals surface area contributed by atoms with E-state index in [0.717, 1.165) is 11.1 Å². The van der Waals surface area contributed by atoms with Crippen molar-refractivity contribution in [3.63, 3.8) is 0 Å². The topological polar surface area (TPSA) is 75.2 Å². The summed E-state index contributed by atoms with van der Waals surface area (Å²) in [7, 11) is 0. The number of nitrogens with zero attached hydrogens (tertiary/aromatic N) is 3. The highest BCUT2D eigenvalue weighted by Gasteiger charge is 2.33. The zero-order valence-electron chi connectivity index (χ0n) is 18.6. The van der Waals surface area contributed by atoms with Crippen LogP contribution in [0.15, 0.2) is 97.5 Å². The number of aryl methyl sites for hydroxylation is 1. The third kappa shape index (κ3) is 5.50. The van der Waals surface area contributed by atoms with Crippen LogP contribution in [0.4, 0.5) is 10.1 Å². The van der Waals surface area contributed by atoms with Gasteiger partial charge in [0, 0.05) is 24.6 Å². The van der Waals surface area contributed by atoms with E-state index in [2.05, 4.69) is 15.3 Å². The van der Waals surface area contributed by atoms with Gasteiger partial charge in [0.25, 0.3) is 11.8 Å². The maximum atomic E-state index is 13.6. The summed E-state index contributed by atoms with van der Waals surface area (Å²) in [5.74, 6) is -1.27. The summed E-state index contributed by atoms with van der Waals surface area (Å²) in [4.78, 5) is 36.9. The number of benzene rings is 3. The summed E-state index contributed by atoms with van der Waals surface area (Å²) in [5, 5.41) is 2.82. The quantitative estimate of drug-likeness (QED) is 0.429. The lowest BCUT2D eigenvalue weighted by atomic mass is 10.0. The molecule has 0 radical (unpaired) electrons. The third-order valence-corrected chi connectivity index (χ3v) is 5.30. The summed E-state index contributed by atoms with van der Waals surface area (Å²) in [6.07, 6.45) is 4.30. The van der Waals surface area contributed by atoms with E-state index >= 15 is 0 Å². The zero-order valence-corrected chi connectivity index (χ0v) is 18.6. The Morgan fingerprint density at radius 1 is 0.941 bits per heavy atom. The normalized spacial score (nSPS) is 11.5. The van der Waals surface area contributed by atoms with Crippen LogP contribution in [0.1, 0.15) is 33.2 Å². The molecule has 3 aromatic carbocycles. The van der Waals surface area contributed by atoms with Gasteiger partial charge in [-0.05, 0) is 42.3 Å². The molecular formula is C27H23FN4O2. The monoisotopic (exact) mass is 454 g/mol. The number of carbonyl (C=O) groups excluding carboxylic acids is 2. The van der Waals surface area contributed by atoms with Crippen LogP contribution in [0.25, 0.3) is 0 Å². The fourth-order valence-corrected chi connectivity index (χ4v) is 3.58. The molecule has 0 saturated heterocycles. The largest absolute Gasteiger partial charge is 0.324 e. The molecule has 0 aliphatic heterocycles. The van der Waals surface area contributed by atoms with Crippen LogP contribution in [-0.2, 0) is 11.3 Å². The molecule has 34 heavy (non-hydrogen) atoms. The Bertz CT molecular complexity index is 1250. The van der Waals surface area contributed by atoms with Gasteiger partial charge in [0.05, 0.1) is 6.20 Å². The minimum Gasteiger partial charge on any atom is -0.324 e. The van der Waals surface area contributed by atoms with Gasteiger partial charge in [-0.15, -0.1) is 0 Å². The van der Waals surface area contributed by atoms with E-state index in [4.69, 9.17) is 0 Å². The first-order valence-corrected chi connectivity index (χ1v) is 10.7. The summed E-state index contributed by atoms with van der Waals surface area (Å²) in [6.45, 7) is 2.12. The van der Waals surface area contributed by atoms with Crippen LogP contribution in [0.2, 0.25) is 0 Å². The van der Waals surface area contributed by atoms with Crippen molar-refractivity contribution in [2.24, 2.45) is 0 Å². The second-order valence-corrected chi connectivity index (χ2v) is 7.82. The predicted octanol–water partition coefficient (Wildman–Crippen LogP) is 4.95. The first kappa shape index (κ1) is 22.8. The van der Waals surface area contributed by atoms with Gasteiger partial charge in [-0.3, -0.25) is 14.6 Å². The van der Waals surface area contributed by atoms with Gasteiger partial charge >= 0.3 is 0 Å². The highest BCUT2D eigenvalue weighted by molar-refractivity contribution is 6.00. The molecule has 2 amide bonds. The molecule has 1 heterocycles. The van der Waals surface area contributed by atoms with E-state index in [0.29, 0.717) is 11.3 Å². The first-order chi connectivity index (χ1) is 16.5. The van der Waals surface area contributed by atoms with Crippen molar-refractivity contribution < 1.29 is 14.0 Å². The smallest absolute Gasteiger partial charge is 0.275 e. The van der Waals surface area contributed by atoms with Gasteiger partial charge in [-0.1, -0.05) is 60.2 Å². The van der Waals surface area contributed by atoms with Crippen LogP contribution < -0.4 is 5.32 Å². The molecule has 0 bridgehead atoms. The number of anilines is 1. The van der Waals surface area contributed by atoms with Crippen molar-refractivity contribution in [3.8, 4) is 0 Å². The van der Waals surface area contributed by atoms with E-state index < -0.39 is 23.7 Å². The van der Waals surface area contributed by atoms with Crippen molar-refractivity contribution in [3.05, 3.63) is 126 Å². The lowest BCUT2D eigenvalue weighted by Gasteiger charge is -2.31. The number of carbonyl (C=O) groups is 2. The molecule has 1 aromatic heterocycles. The van der Waals surface area contributed by atoms with Gasteiger partial charge in [0.15, 0.2) is 0 Å². The van der Waals surface area contributed by atoms with E-state index in [1.54, 1.807) is 0 Å². The Morgan fingerprint density at radius 3 is 2.29 bits per heavy atom. The standard InChI is InChI=1S/C27H23FN4O2/c1-19-7-9-21(10-8-19)25(26(33)31-23-13-11-22(28)12-14-23)32(18-20-5-3-2-4-6-20)27(34)24-17-29-15-16-30-24/h2-17,25H,18H2,1H3,(H,31,33). The number of hydrogen-bond donors (Lipinski definition) is 1. The number of amides is 2. The number of hydrogen-bond acceptors (Lipinski definition) is 4. The Morgan fingerprint density at radius 2 is 1.65 bits per heavy atom. The number of aromatic nitrogens is 2. The maximum absolute atomic E-state index is 13.6. The van der Waals surface area contributed by atoms with Gasteiger partial charge in [-0.2, -0.15) is 0 Å². The van der Waals surface area contributed by atoms with Crippen molar-refractivity contribution in [2.75, 3.05) is 5.32 Å². The lowest BCUT2D eigenvalue weighted by Crippen LogP contribution is -2.41. The van der Waals surface area contributed by atoms with E-state index in [1.165, 1.54) is 47.8 Å². The minimum absolute atomic E-state index is 0.130. The van der Waals surface area contributed by atoms with Gasteiger partial charge in [0.1, 0.15) is 17.6 Å². The summed E-state index contributed by atoms with van der Waals surface area (Å²) < 4.78 is 13.4. The molecule has 170 valence electrons. The average Bonchev–Trinajstić information content (AvgIpc) is 2.87. The molecule has 7 heteroatoms. The van der Waals surface area contributed by atoms with Crippen molar-refractivity contribution >= 4 is 17.5 Å². The number of rotatable bonds is 7. The van der Waals surface area contributed by atoms with Gasteiger partial charge < -0.3 is 10.2 Å². The van der Waals surface area contributed by atoms with E-state index in [1.807, 2.05) is 61.5 Å². The minimum atomic E-state index is -0.972. The summed E-state index contributed by atoms with van der Waals surface area (Å²) in [6, 6.07) is 21.4. The Balaban J connectivity index is 1.77. The third-order valence-electron chi connectivity index (χ3n) is 5.30. The molecule has 4 aromatic rings. The maximum Gasteiger partial charge on any atom is 0.275 e. The molecule has 0 fully saturated rings. The van der Waals surface area contributed by atoms with Crippen molar-refractivity contribution in [1.82, 2.24) is 14.9 Å². The molecule has 0 aliphatic carbocycles. The number of halogens is 1. The Hall–Kier alpha value is -4.39. The molecule has 1 N–H and O–H groups in total. The fraction of sp³-hybridized carbons (Fsp3) is 0.111. The van der Waals surface area contributed by atoms with Crippen molar-refractivity contribution in [2.45, 2.75) is 19.5 Å². The fourth-order valence-electron chi connectivity index (χ4n) is 3.58. The SMILES string of the molecule is Cc1ccc(C(C(=O)Nc2ccc(F)cc2)N(Cc2ccccc2)C(=O)c2cnccn2)cc1. The second kappa shape index (κ2) is 10.5. The van der Waals surface area contributed by atoms with Crippen LogP contribution in [0, 0.1) is 12.7 Å².